The third-order valence-electron chi connectivity index (χ3n) is 3.93. The summed E-state index contributed by atoms with van der Waals surface area (Å²) in [6, 6.07) is 9.65. The fourth-order valence-corrected chi connectivity index (χ4v) is 3.92. The van der Waals surface area contributed by atoms with E-state index in [1.165, 1.54) is 19.2 Å². The predicted molar refractivity (Wildman–Crippen MR) is 107 cm³/mol. The number of halogens is 2. The molecule has 0 radical (unpaired) electrons. The SMILES string of the molecule is CCOc1c(Cl)cccc1NC(=O)CCCN(C)S(=O)(=O)c1ccc(F)cc1. The van der Waals surface area contributed by atoms with E-state index in [0.717, 1.165) is 16.4 Å². The van der Waals surface area contributed by atoms with E-state index in [0.29, 0.717) is 29.5 Å². The second kappa shape index (κ2) is 9.86. The van der Waals surface area contributed by atoms with Crippen molar-refractivity contribution >= 4 is 33.2 Å². The average Bonchev–Trinajstić information content (AvgIpc) is 2.65. The molecule has 2 aromatic rings. The Balaban J connectivity index is 1.92. The first-order chi connectivity index (χ1) is 13.3. The van der Waals surface area contributed by atoms with E-state index in [9.17, 15) is 17.6 Å². The molecule has 0 atom stereocenters. The Hall–Kier alpha value is -2.16. The summed E-state index contributed by atoms with van der Waals surface area (Å²) in [5.41, 5.74) is 0.464. The number of carbonyl (C=O) groups is 1. The van der Waals surface area contributed by atoms with Gasteiger partial charge in [0.15, 0.2) is 5.75 Å². The third-order valence-corrected chi connectivity index (χ3v) is 6.10. The Kier molecular flexibility index (Phi) is 7.79. The molecule has 1 N–H and O–H groups in total. The van der Waals surface area contributed by atoms with Crippen LogP contribution in [0.3, 0.4) is 0 Å². The molecule has 0 saturated carbocycles. The van der Waals surface area contributed by atoms with E-state index >= 15 is 0 Å². The summed E-state index contributed by atoms with van der Waals surface area (Å²) in [7, 11) is -2.32. The van der Waals surface area contributed by atoms with Crippen molar-refractivity contribution in [3.8, 4) is 5.75 Å². The van der Waals surface area contributed by atoms with Crippen LogP contribution in [0.1, 0.15) is 19.8 Å². The van der Waals surface area contributed by atoms with Crippen LogP contribution in [0.5, 0.6) is 5.75 Å². The van der Waals surface area contributed by atoms with Gasteiger partial charge in [0.05, 0.1) is 22.2 Å². The van der Waals surface area contributed by atoms with Crippen molar-refractivity contribution in [3.63, 3.8) is 0 Å². The fourth-order valence-electron chi connectivity index (χ4n) is 2.48. The first-order valence-electron chi connectivity index (χ1n) is 8.68. The lowest BCUT2D eigenvalue weighted by Crippen LogP contribution is -2.28. The van der Waals surface area contributed by atoms with Crippen LogP contribution in [0.15, 0.2) is 47.4 Å². The average molecular weight is 429 g/mol. The number of ether oxygens (including phenoxy) is 1. The molecule has 0 spiro atoms. The van der Waals surface area contributed by atoms with E-state index in [-0.39, 0.29) is 23.8 Å². The molecule has 0 heterocycles. The van der Waals surface area contributed by atoms with E-state index in [1.807, 2.05) is 6.92 Å². The number of hydrogen-bond acceptors (Lipinski definition) is 4. The van der Waals surface area contributed by atoms with Gasteiger partial charge in [0.2, 0.25) is 15.9 Å². The highest BCUT2D eigenvalue weighted by Crippen LogP contribution is 2.33. The van der Waals surface area contributed by atoms with Gasteiger partial charge in [0.25, 0.3) is 0 Å². The molecule has 0 aromatic heterocycles. The molecule has 2 rings (SSSR count). The second-order valence-corrected chi connectivity index (χ2v) is 8.43. The van der Waals surface area contributed by atoms with Gasteiger partial charge in [-0.05, 0) is 49.7 Å². The van der Waals surface area contributed by atoms with Gasteiger partial charge in [-0.1, -0.05) is 17.7 Å². The zero-order chi connectivity index (χ0) is 20.7. The van der Waals surface area contributed by atoms with E-state index in [2.05, 4.69) is 5.32 Å². The van der Waals surface area contributed by atoms with Crippen LogP contribution in [0.2, 0.25) is 5.02 Å². The van der Waals surface area contributed by atoms with Crippen molar-refractivity contribution in [3.05, 3.63) is 53.3 Å². The topological polar surface area (TPSA) is 75.7 Å². The van der Waals surface area contributed by atoms with Crippen LogP contribution in [0.25, 0.3) is 0 Å². The van der Waals surface area contributed by atoms with Crippen LogP contribution in [-0.2, 0) is 14.8 Å². The third kappa shape index (κ3) is 5.67. The van der Waals surface area contributed by atoms with Gasteiger partial charge in [0.1, 0.15) is 5.82 Å². The lowest BCUT2D eigenvalue weighted by molar-refractivity contribution is -0.116. The molecule has 0 bridgehead atoms. The standard InChI is InChI=1S/C19H22ClFN2O4S/c1-3-27-19-16(20)6-4-7-17(19)22-18(24)8-5-13-23(2)28(25,26)15-11-9-14(21)10-12-15/h4,6-7,9-12H,3,5,8,13H2,1-2H3,(H,22,24). The van der Waals surface area contributed by atoms with Crippen LogP contribution >= 0.6 is 11.6 Å². The summed E-state index contributed by atoms with van der Waals surface area (Å²) in [6.45, 7) is 2.35. The summed E-state index contributed by atoms with van der Waals surface area (Å²) in [5, 5.41) is 3.12. The van der Waals surface area contributed by atoms with Gasteiger partial charge in [0, 0.05) is 20.0 Å². The van der Waals surface area contributed by atoms with Crippen molar-refractivity contribution in [2.24, 2.45) is 0 Å². The molecular formula is C19H22ClFN2O4S. The predicted octanol–water partition coefficient (Wildman–Crippen LogP) is 3.92. The number of anilines is 1. The zero-order valence-corrected chi connectivity index (χ0v) is 17.2. The van der Waals surface area contributed by atoms with Crippen LogP contribution in [0.4, 0.5) is 10.1 Å². The lowest BCUT2D eigenvalue weighted by Gasteiger charge is -2.17. The molecule has 2 aromatic carbocycles. The smallest absolute Gasteiger partial charge is 0.242 e. The summed E-state index contributed by atoms with van der Waals surface area (Å²) >= 11 is 6.08. The molecular weight excluding hydrogens is 407 g/mol. The van der Waals surface area contributed by atoms with E-state index in [1.54, 1.807) is 18.2 Å². The summed E-state index contributed by atoms with van der Waals surface area (Å²) < 4.78 is 44.4. The van der Waals surface area contributed by atoms with Crippen LogP contribution in [0, 0.1) is 5.82 Å². The lowest BCUT2D eigenvalue weighted by atomic mass is 10.2. The van der Waals surface area contributed by atoms with Crippen LogP contribution in [-0.4, -0.2) is 38.8 Å². The number of hydrogen-bond donors (Lipinski definition) is 1. The maximum atomic E-state index is 13.0. The minimum Gasteiger partial charge on any atom is -0.490 e. The zero-order valence-electron chi connectivity index (χ0n) is 15.6. The van der Waals surface area contributed by atoms with E-state index < -0.39 is 15.8 Å². The van der Waals surface area contributed by atoms with Gasteiger partial charge in [-0.15, -0.1) is 0 Å². The molecule has 28 heavy (non-hydrogen) atoms. The quantitative estimate of drug-likeness (QED) is 0.656. The van der Waals surface area contributed by atoms with Gasteiger partial charge >= 0.3 is 0 Å². The highest BCUT2D eigenvalue weighted by atomic mass is 35.5. The van der Waals surface area contributed by atoms with E-state index in [4.69, 9.17) is 16.3 Å². The first-order valence-corrected chi connectivity index (χ1v) is 10.5. The number of sulfonamides is 1. The number of benzene rings is 2. The van der Waals surface area contributed by atoms with Crippen LogP contribution < -0.4 is 10.1 Å². The number of para-hydroxylation sites is 1. The van der Waals surface area contributed by atoms with Gasteiger partial charge in [-0.25, -0.2) is 17.1 Å². The minimum absolute atomic E-state index is 0.00105. The monoisotopic (exact) mass is 428 g/mol. The number of nitrogens with one attached hydrogen (secondary N) is 1. The van der Waals surface area contributed by atoms with Gasteiger partial charge < -0.3 is 10.1 Å². The maximum absolute atomic E-state index is 13.0. The molecule has 1 amide bonds. The Morgan fingerprint density at radius 2 is 1.89 bits per heavy atom. The van der Waals surface area contributed by atoms with Crippen molar-refractivity contribution < 1.29 is 22.3 Å². The second-order valence-electron chi connectivity index (χ2n) is 5.98. The molecule has 0 aliphatic rings. The summed E-state index contributed by atoms with van der Waals surface area (Å²) in [6.07, 6.45) is 0.425. The van der Waals surface area contributed by atoms with Crippen molar-refractivity contribution in [2.45, 2.75) is 24.7 Å². The van der Waals surface area contributed by atoms with Crippen molar-refractivity contribution in [1.29, 1.82) is 0 Å². The van der Waals surface area contributed by atoms with Gasteiger partial charge in [-0.3, -0.25) is 4.79 Å². The highest BCUT2D eigenvalue weighted by Gasteiger charge is 2.20. The Bertz CT molecular complexity index is 920. The summed E-state index contributed by atoms with van der Waals surface area (Å²) in [5.74, 6) is -0.391. The number of nitrogens with zero attached hydrogens (tertiary/aromatic N) is 1. The van der Waals surface area contributed by atoms with Gasteiger partial charge in [-0.2, -0.15) is 0 Å². The molecule has 0 aliphatic carbocycles. The van der Waals surface area contributed by atoms with Crippen molar-refractivity contribution in [1.82, 2.24) is 4.31 Å². The molecule has 9 heteroatoms. The number of rotatable bonds is 9. The Morgan fingerprint density at radius 1 is 1.21 bits per heavy atom. The highest BCUT2D eigenvalue weighted by molar-refractivity contribution is 7.89. The summed E-state index contributed by atoms with van der Waals surface area (Å²) in [4.78, 5) is 12.2. The molecule has 0 aliphatic heterocycles. The molecule has 152 valence electrons. The Morgan fingerprint density at radius 3 is 2.54 bits per heavy atom. The largest absolute Gasteiger partial charge is 0.490 e. The normalized spacial score (nSPS) is 11.5. The van der Waals surface area contributed by atoms with Crippen molar-refractivity contribution in [2.75, 3.05) is 25.5 Å². The minimum atomic E-state index is -3.73. The first kappa shape index (κ1) is 22.1. The molecule has 0 fully saturated rings. The number of amides is 1. The fraction of sp³-hybridized carbons (Fsp3) is 0.316. The maximum Gasteiger partial charge on any atom is 0.242 e. The number of carbonyl (C=O) groups excluding carboxylic acids is 1. The molecule has 0 saturated heterocycles. The molecule has 6 nitrogen and oxygen atoms in total. The molecule has 0 unspecified atom stereocenters. The Labute approximate surface area is 169 Å².